The maximum atomic E-state index is 12.7. The van der Waals surface area contributed by atoms with E-state index in [-0.39, 0.29) is 23.9 Å². The third-order valence-corrected chi connectivity index (χ3v) is 6.46. The second-order valence-corrected chi connectivity index (χ2v) is 8.41. The number of hydrogen-bond donors (Lipinski definition) is 2. The lowest BCUT2D eigenvalue weighted by Crippen LogP contribution is -2.47. The highest BCUT2D eigenvalue weighted by molar-refractivity contribution is 6.32. The maximum Gasteiger partial charge on any atom is 0.322 e. The molecule has 1 fully saturated rings. The van der Waals surface area contributed by atoms with E-state index in [1.54, 1.807) is 25.3 Å². The van der Waals surface area contributed by atoms with Gasteiger partial charge in [0.1, 0.15) is 5.75 Å². The molecule has 2 aromatic carbocycles. The van der Waals surface area contributed by atoms with Crippen molar-refractivity contribution in [2.45, 2.75) is 45.2 Å². The van der Waals surface area contributed by atoms with Crippen LogP contribution in [0.4, 0.5) is 16.2 Å². The maximum absolute atomic E-state index is 12.7. The number of urea groups is 1. The number of nitrogens with zero attached hydrogens (tertiary/aromatic N) is 1. The van der Waals surface area contributed by atoms with Crippen molar-refractivity contribution in [3.05, 3.63) is 52.5 Å². The normalized spacial score (nSPS) is 20.9. The minimum atomic E-state index is -0.0657. The van der Waals surface area contributed by atoms with Gasteiger partial charge in [-0.1, -0.05) is 23.7 Å². The molecule has 2 aliphatic rings. The van der Waals surface area contributed by atoms with E-state index >= 15 is 0 Å². The molecule has 0 bridgehead atoms. The molecular weight excluding hydrogens is 402 g/mol. The number of carbonyl (C=O) groups excluding carboxylic acids is 2. The van der Waals surface area contributed by atoms with Crippen molar-refractivity contribution in [3.63, 3.8) is 0 Å². The van der Waals surface area contributed by atoms with Gasteiger partial charge in [0.2, 0.25) is 5.91 Å². The summed E-state index contributed by atoms with van der Waals surface area (Å²) < 4.78 is 5.15. The fourth-order valence-electron chi connectivity index (χ4n) is 4.39. The molecule has 6 nitrogen and oxygen atoms in total. The van der Waals surface area contributed by atoms with Gasteiger partial charge < -0.3 is 20.3 Å². The molecule has 1 aliphatic heterocycles. The highest BCUT2D eigenvalue weighted by Crippen LogP contribution is 2.34. The van der Waals surface area contributed by atoms with Gasteiger partial charge in [-0.05, 0) is 68.0 Å². The number of fused-ring (bicyclic) bond motifs is 1. The van der Waals surface area contributed by atoms with Crippen molar-refractivity contribution in [2.75, 3.05) is 17.7 Å². The van der Waals surface area contributed by atoms with Crippen LogP contribution < -0.4 is 15.4 Å². The summed E-state index contributed by atoms with van der Waals surface area (Å²) in [4.78, 5) is 27.3. The van der Waals surface area contributed by atoms with Gasteiger partial charge in [-0.2, -0.15) is 0 Å². The van der Waals surface area contributed by atoms with Gasteiger partial charge in [-0.25, -0.2) is 4.79 Å². The standard InChI is InChI=1S/C23H26ClN3O3/c1-14-4-3-5-20-18(14)13-27(23(29)26-20)17-9-6-15(7-10-17)22(28)25-16-8-11-21(30-2)19(24)12-16/h3-5,8,11-12,15,17H,6-7,9-10,13H2,1-2H3,(H,25,28)(H,26,29). The van der Waals surface area contributed by atoms with E-state index in [1.165, 1.54) is 11.1 Å². The molecule has 1 heterocycles. The Morgan fingerprint density at radius 1 is 1.20 bits per heavy atom. The third kappa shape index (κ3) is 4.10. The number of anilines is 2. The lowest BCUT2D eigenvalue weighted by molar-refractivity contribution is -0.121. The van der Waals surface area contributed by atoms with Crippen molar-refractivity contribution in [3.8, 4) is 5.75 Å². The van der Waals surface area contributed by atoms with Crippen LogP contribution in [-0.4, -0.2) is 30.0 Å². The van der Waals surface area contributed by atoms with Crippen molar-refractivity contribution in [1.82, 2.24) is 4.90 Å². The van der Waals surface area contributed by atoms with E-state index < -0.39 is 0 Å². The van der Waals surface area contributed by atoms with Gasteiger partial charge in [0, 0.05) is 23.3 Å². The number of halogens is 1. The molecule has 0 atom stereocenters. The van der Waals surface area contributed by atoms with Crippen LogP contribution in [0.15, 0.2) is 36.4 Å². The molecule has 0 unspecified atom stereocenters. The molecule has 4 rings (SSSR count). The second kappa shape index (κ2) is 8.56. The predicted octanol–water partition coefficient (Wildman–Crippen LogP) is 5.20. The average molecular weight is 428 g/mol. The molecule has 2 N–H and O–H groups in total. The van der Waals surface area contributed by atoms with Crippen LogP contribution in [0, 0.1) is 12.8 Å². The number of carbonyl (C=O) groups is 2. The first-order valence-corrected chi connectivity index (χ1v) is 10.6. The Bertz CT molecular complexity index is 970. The minimum absolute atomic E-state index is 0.000954. The van der Waals surface area contributed by atoms with Crippen molar-refractivity contribution < 1.29 is 14.3 Å². The third-order valence-electron chi connectivity index (χ3n) is 6.17. The Labute approximate surface area is 181 Å². The van der Waals surface area contributed by atoms with Crippen LogP contribution in [0.2, 0.25) is 5.02 Å². The lowest BCUT2D eigenvalue weighted by atomic mass is 9.84. The van der Waals surface area contributed by atoms with Gasteiger partial charge >= 0.3 is 6.03 Å². The summed E-state index contributed by atoms with van der Waals surface area (Å²) in [6.07, 6.45) is 3.14. The predicted molar refractivity (Wildman–Crippen MR) is 118 cm³/mol. The van der Waals surface area contributed by atoms with Crippen LogP contribution >= 0.6 is 11.6 Å². The molecular formula is C23H26ClN3O3. The number of aryl methyl sites for hydroxylation is 1. The van der Waals surface area contributed by atoms with Crippen molar-refractivity contribution in [2.24, 2.45) is 5.92 Å². The summed E-state index contributed by atoms with van der Waals surface area (Å²) in [7, 11) is 1.56. The van der Waals surface area contributed by atoms with Crippen LogP contribution in [-0.2, 0) is 11.3 Å². The second-order valence-electron chi connectivity index (χ2n) is 8.00. The Balaban J connectivity index is 1.36. The summed E-state index contributed by atoms with van der Waals surface area (Å²) in [6, 6.07) is 11.3. The highest BCUT2D eigenvalue weighted by atomic mass is 35.5. The highest BCUT2D eigenvalue weighted by Gasteiger charge is 2.34. The number of nitrogens with one attached hydrogen (secondary N) is 2. The molecule has 1 saturated carbocycles. The monoisotopic (exact) mass is 427 g/mol. The van der Waals surface area contributed by atoms with Gasteiger partial charge in [0.05, 0.1) is 18.7 Å². The molecule has 7 heteroatoms. The lowest BCUT2D eigenvalue weighted by Gasteiger charge is -2.39. The smallest absolute Gasteiger partial charge is 0.322 e. The largest absolute Gasteiger partial charge is 0.495 e. The average Bonchev–Trinajstić information content (AvgIpc) is 2.74. The Kier molecular flexibility index (Phi) is 5.86. The van der Waals surface area contributed by atoms with Crippen LogP contribution in [0.1, 0.15) is 36.8 Å². The van der Waals surface area contributed by atoms with Gasteiger partial charge in [-0.15, -0.1) is 0 Å². The number of ether oxygens (including phenoxy) is 1. The van der Waals surface area contributed by atoms with Crippen molar-refractivity contribution in [1.29, 1.82) is 0 Å². The Morgan fingerprint density at radius 3 is 2.67 bits per heavy atom. The van der Waals surface area contributed by atoms with E-state index in [0.717, 1.165) is 31.4 Å². The number of amides is 3. The Hall–Kier alpha value is -2.73. The zero-order valence-electron chi connectivity index (χ0n) is 17.2. The molecule has 0 aromatic heterocycles. The Morgan fingerprint density at radius 2 is 1.97 bits per heavy atom. The fraction of sp³-hybridized carbons (Fsp3) is 0.391. The van der Waals surface area contributed by atoms with E-state index in [2.05, 4.69) is 23.6 Å². The zero-order chi connectivity index (χ0) is 21.3. The van der Waals surface area contributed by atoms with Crippen LogP contribution in [0.3, 0.4) is 0 Å². The molecule has 0 radical (unpaired) electrons. The molecule has 0 spiro atoms. The van der Waals surface area contributed by atoms with Crippen molar-refractivity contribution >= 4 is 34.9 Å². The molecule has 2 aromatic rings. The molecule has 0 saturated heterocycles. The summed E-state index contributed by atoms with van der Waals surface area (Å²) in [5.74, 6) is 0.509. The number of rotatable bonds is 4. The minimum Gasteiger partial charge on any atom is -0.495 e. The first-order chi connectivity index (χ1) is 14.5. The summed E-state index contributed by atoms with van der Waals surface area (Å²) in [6.45, 7) is 2.70. The van der Waals surface area contributed by atoms with E-state index in [1.807, 2.05) is 17.0 Å². The fourth-order valence-corrected chi connectivity index (χ4v) is 4.65. The molecule has 158 valence electrons. The first-order valence-electron chi connectivity index (χ1n) is 10.3. The van der Waals surface area contributed by atoms with E-state index in [0.29, 0.717) is 23.0 Å². The number of methoxy groups -OCH3 is 1. The summed E-state index contributed by atoms with van der Waals surface area (Å²) >= 11 is 6.14. The van der Waals surface area contributed by atoms with Crippen LogP contribution in [0.5, 0.6) is 5.75 Å². The summed E-state index contributed by atoms with van der Waals surface area (Å²) in [5.41, 5.74) is 3.93. The van der Waals surface area contributed by atoms with E-state index in [4.69, 9.17) is 16.3 Å². The topological polar surface area (TPSA) is 70.7 Å². The number of hydrogen-bond acceptors (Lipinski definition) is 3. The van der Waals surface area contributed by atoms with Gasteiger partial charge in [0.25, 0.3) is 0 Å². The number of benzene rings is 2. The molecule has 3 amide bonds. The van der Waals surface area contributed by atoms with Crippen LogP contribution in [0.25, 0.3) is 0 Å². The molecule has 1 aliphatic carbocycles. The zero-order valence-corrected chi connectivity index (χ0v) is 18.0. The summed E-state index contributed by atoms with van der Waals surface area (Å²) in [5, 5.41) is 6.43. The first kappa shape index (κ1) is 20.5. The van der Waals surface area contributed by atoms with Gasteiger partial charge in [-0.3, -0.25) is 4.79 Å². The van der Waals surface area contributed by atoms with Gasteiger partial charge in [0.15, 0.2) is 0 Å². The quantitative estimate of drug-likeness (QED) is 0.704. The molecule has 30 heavy (non-hydrogen) atoms. The van der Waals surface area contributed by atoms with E-state index in [9.17, 15) is 9.59 Å². The SMILES string of the molecule is COc1ccc(NC(=O)C2CCC(N3Cc4c(C)cccc4NC3=O)CC2)cc1Cl.